The van der Waals surface area contributed by atoms with E-state index in [1.54, 1.807) is 0 Å². The molecule has 11 heavy (non-hydrogen) atoms. The standard InChI is InChI=1S/2Al.Ca.2H2O3Si.8H/c;;;2*1-4(2)3;;;;;;;;/h;;;2*1-2H;;;;;;;;. The van der Waals surface area contributed by atoms with E-state index in [1.807, 2.05) is 0 Å². The van der Waals surface area contributed by atoms with E-state index >= 15 is 0 Å². The van der Waals surface area contributed by atoms with Crippen molar-refractivity contribution in [3.05, 3.63) is 0 Å². The summed E-state index contributed by atoms with van der Waals surface area (Å²) in [4.78, 5) is 28.6. The summed E-state index contributed by atoms with van der Waals surface area (Å²) in [6.45, 7) is 0. The summed E-state index contributed by atoms with van der Waals surface area (Å²) in [6, 6.07) is 0. The van der Waals surface area contributed by atoms with E-state index in [0.29, 0.717) is 0 Å². The summed E-state index contributed by atoms with van der Waals surface area (Å²) in [5, 5.41) is 0. The van der Waals surface area contributed by atoms with Gasteiger partial charge in [-0.2, -0.15) is 0 Å². The van der Waals surface area contributed by atoms with Crippen molar-refractivity contribution in [2.45, 2.75) is 0 Å². The second-order valence-corrected chi connectivity index (χ2v) is 1.70. The Hall–Kier alpha value is 1.56. The van der Waals surface area contributed by atoms with Gasteiger partial charge in [0.05, 0.1) is 0 Å². The summed E-state index contributed by atoms with van der Waals surface area (Å²) in [7, 11) is -6.26. The third-order valence-electron chi connectivity index (χ3n) is 0. The van der Waals surface area contributed by atoms with E-state index in [0.717, 1.165) is 0 Å². The Morgan fingerprint density at radius 3 is 0.727 bits per heavy atom. The van der Waals surface area contributed by atoms with E-state index in [2.05, 4.69) is 0 Å². The van der Waals surface area contributed by atoms with Crippen LogP contribution in [0.3, 0.4) is 0 Å². The Bertz CT molecular complexity index is 76.6. The van der Waals surface area contributed by atoms with Gasteiger partial charge in [-0.05, 0) is 0 Å². The fraction of sp³-hybridized carbons (Fsp3) is 0. The van der Waals surface area contributed by atoms with Crippen molar-refractivity contribution in [1.29, 1.82) is 0 Å². The molecule has 0 spiro atoms. The van der Waals surface area contributed by atoms with Gasteiger partial charge in [-0.15, -0.1) is 0 Å². The molecule has 11 heteroatoms. The summed E-state index contributed by atoms with van der Waals surface area (Å²) >= 11 is 0. The third-order valence-corrected chi connectivity index (χ3v) is 0. The molecule has 0 aliphatic heterocycles. The molecule has 0 radical (unpaired) electrons. The SMILES string of the molecule is O=[Si](O)O.O=[Si](O)O.[AlH3].[AlH3].[CaH2]. The van der Waals surface area contributed by atoms with Gasteiger partial charge in [0.25, 0.3) is 0 Å². The minimum atomic E-state index is -3.13. The van der Waals surface area contributed by atoms with Crippen LogP contribution in [0, 0.1) is 0 Å². The van der Waals surface area contributed by atoms with Crippen molar-refractivity contribution >= 4 is 90.8 Å². The zero-order chi connectivity index (χ0) is 7.15. The molecule has 4 N–H and O–H groups in total. The van der Waals surface area contributed by atoms with Gasteiger partial charge in [-0.25, -0.2) is 0 Å². The number of hydrogen-bond donors (Lipinski definition) is 4. The Labute approximate surface area is 117 Å². The summed E-state index contributed by atoms with van der Waals surface area (Å²) in [5.74, 6) is 0. The van der Waals surface area contributed by atoms with Crippen molar-refractivity contribution in [2.24, 2.45) is 0 Å². The minimum absolute atomic E-state index is 0. The second-order valence-electron chi connectivity index (χ2n) is 0.565. The van der Waals surface area contributed by atoms with Gasteiger partial charge in [0.15, 0.2) is 34.7 Å². The molecule has 0 amide bonds. The molecule has 0 aromatic rings. The van der Waals surface area contributed by atoms with E-state index in [9.17, 15) is 0 Å². The molecule has 0 aromatic carbocycles. The van der Waals surface area contributed by atoms with Crippen LogP contribution in [0.4, 0.5) is 0 Å². The van der Waals surface area contributed by atoms with Gasteiger partial charge >= 0.3 is 56.1 Å². The molecule has 0 rings (SSSR count). The fourth-order valence-corrected chi connectivity index (χ4v) is 0. The van der Waals surface area contributed by atoms with Crippen LogP contribution in [0.5, 0.6) is 0 Å². The molecule has 0 aliphatic rings. The maximum absolute atomic E-state index is 8.74. The van der Waals surface area contributed by atoms with Crippen LogP contribution in [0.15, 0.2) is 0 Å². The average Bonchev–Trinajstić information content (AvgIpc) is 1.25. The van der Waals surface area contributed by atoms with Crippen LogP contribution in [0.25, 0.3) is 0 Å². The molecular weight excluding hydrogens is 246 g/mol. The first-order chi connectivity index (χ1) is 3.46. The maximum atomic E-state index is 8.74. The Balaban J connectivity index is -0.0000000171. The van der Waals surface area contributed by atoms with E-state index in [4.69, 9.17) is 28.1 Å². The van der Waals surface area contributed by atoms with Crippen molar-refractivity contribution in [3.63, 3.8) is 0 Å². The van der Waals surface area contributed by atoms with Crippen molar-refractivity contribution in [2.75, 3.05) is 0 Å². The topological polar surface area (TPSA) is 115 Å². The molecule has 0 fully saturated rings. The molecule has 0 heterocycles. The molecule has 6 nitrogen and oxygen atoms in total. The van der Waals surface area contributed by atoms with Crippen LogP contribution in [0.2, 0.25) is 0 Å². The monoisotopic (exact) mass is 258 g/mol. The molecular formula is H12Al2CaO6Si2. The summed E-state index contributed by atoms with van der Waals surface area (Å²) in [6.07, 6.45) is 0. The van der Waals surface area contributed by atoms with Crippen LogP contribution in [-0.2, 0) is 8.92 Å². The molecule has 0 unspecified atom stereocenters. The van der Waals surface area contributed by atoms with E-state index in [-0.39, 0.29) is 72.5 Å². The second kappa shape index (κ2) is 22.6. The van der Waals surface area contributed by atoms with Crippen LogP contribution >= 0.6 is 0 Å². The first-order valence-electron chi connectivity index (χ1n) is 1.30. The number of hydrogen-bond acceptors (Lipinski definition) is 2. The molecule has 0 bridgehead atoms. The van der Waals surface area contributed by atoms with E-state index < -0.39 is 18.3 Å². The first kappa shape index (κ1) is 29.4. The van der Waals surface area contributed by atoms with Crippen LogP contribution in [0.1, 0.15) is 0 Å². The molecule has 64 valence electrons. The predicted octanol–water partition coefficient (Wildman–Crippen LogP) is -6.51. The average molecular weight is 258 g/mol. The molecule has 0 saturated carbocycles. The Morgan fingerprint density at radius 1 is 0.727 bits per heavy atom. The normalized spacial score (nSPS) is 4.36. The van der Waals surface area contributed by atoms with Crippen molar-refractivity contribution in [3.8, 4) is 0 Å². The zero-order valence-electron chi connectivity index (χ0n) is 3.61. The molecule has 0 atom stereocenters. The van der Waals surface area contributed by atoms with Gasteiger partial charge < -0.3 is 19.2 Å². The van der Waals surface area contributed by atoms with Gasteiger partial charge in [0, 0.05) is 0 Å². The molecule has 0 aliphatic carbocycles. The van der Waals surface area contributed by atoms with Gasteiger partial charge in [-0.3, -0.25) is 8.92 Å². The first-order valence-corrected chi connectivity index (χ1v) is 3.91. The quantitative estimate of drug-likeness (QED) is 0.321. The molecule has 0 aromatic heterocycles. The van der Waals surface area contributed by atoms with Crippen molar-refractivity contribution in [1.82, 2.24) is 0 Å². The zero-order valence-corrected chi connectivity index (χ0v) is 5.61. The van der Waals surface area contributed by atoms with Crippen LogP contribution in [-0.4, -0.2) is 110 Å². The van der Waals surface area contributed by atoms with Crippen LogP contribution < -0.4 is 0 Å². The van der Waals surface area contributed by atoms with Crippen molar-refractivity contribution < 1.29 is 28.1 Å². The number of rotatable bonds is 0. The third kappa shape index (κ3) is 435. The fourth-order valence-electron chi connectivity index (χ4n) is 0. The van der Waals surface area contributed by atoms with Gasteiger partial charge in [0.1, 0.15) is 0 Å². The van der Waals surface area contributed by atoms with Gasteiger partial charge in [0.2, 0.25) is 0 Å². The molecule has 0 saturated heterocycles. The van der Waals surface area contributed by atoms with Gasteiger partial charge in [-0.1, -0.05) is 0 Å². The predicted molar refractivity (Wildman–Crippen MR) is 50.2 cm³/mol. The van der Waals surface area contributed by atoms with E-state index in [1.165, 1.54) is 0 Å². The summed E-state index contributed by atoms with van der Waals surface area (Å²) < 4.78 is 17.5. The summed E-state index contributed by atoms with van der Waals surface area (Å²) in [5.41, 5.74) is 0. The Kier molecular flexibility index (Phi) is 60.2. The Morgan fingerprint density at radius 2 is 0.727 bits per heavy atom.